The highest BCUT2D eigenvalue weighted by Crippen LogP contribution is 2.24. The Bertz CT molecular complexity index is 536. The average Bonchev–Trinajstić information content (AvgIpc) is 2.27. The molecule has 0 saturated carbocycles. The van der Waals surface area contributed by atoms with Crippen LogP contribution in [0.3, 0.4) is 0 Å². The van der Waals surface area contributed by atoms with Gasteiger partial charge in [0, 0.05) is 0 Å². The number of carboxylic acids is 1. The Morgan fingerprint density at radius 3 is 2.53 bits per heavy atom. The molecule has 0 fully saturated rings. The maximum Gasteiger partial charge on any atom is 0.337 e. The maximum atomic E-state index is 12.0. The second-order valence-corrected chi connectivity index (χ2v) is 6.48. The van der Waals surface area contributed by atoms with Gasteiger partial charge in [-0.1, -0.05) is 18.5 Å². The Morgan fingerprint density at radius 1 is 1.47 bits per heavy atom. The Labute approximate surface area is 105 Å². The lowest BCUT2D eigenvalue weighted by atomic mass is 10.2. The van der Waals surface area contributed by atoms with Gasteiger partial charge in [-0.25, -0.2) is 13.2 Å². The molecule has 6 heteroatoms. The summed E-state index contributed by atoms with van der Waals surface area (Å²) in [6, 6.07) is 3.72. The van der Waals surface area contributed by atoms with E-state index in [2.05, 4.69) is 0 Å². The summed E-state index contributed by atoms with van der Waals surface area (Å²) in [7, 11) is -3.48. The van der Waals surface area contributed by atoms with Crippen LogP contribution in [0.1, 0.15) is 30.6 Å². The summed E-state index contributed by atoms with van der Waals surface area (Å²) in [4.78, 5) is 10.9. The van der Waals surface area contributed by atoms with Gasteiger partial charge in [0.15, 0.2) is 9.84 Å². The molecule has 0 aliphatic heterocycles. The third-order valence-corrected chi connectivity index (χ3v) is 5.23. The zero-order chi connectivity index (χ0) is 13.2. The molecule has 17 heavy (non-hydrogen) atoms. The smallest absolute Gasteiger partial charge is 0.337 e. The second kappa shape index (κ2) is 5.06. The monoisotopic (exact) mass is 276 g/mol. The second-order valence-electron chi connectivity index (χ2n) is 3.71. The van der Waals surface area contributed by atoms with E-state index in [1.807, 2.05) is 0 Å². The van der Waals surface area contributed by atoms with E-state index in [1.165, 1.54) is 12.1 Å². The summed E-state index contributed by atoms with van der Waals surface area (Å²) in [5.74, 6) is -1.24. The zero-order valence-electron chi connectivity index (χ0n) is 9.47. The first-order chi connectivity index (χ1) is 7.80. The van der Waals surface area contributed by atoms with Gasteiger partial charge < -0.3 is 5.11 Å². The van der Waals surface area contributed by atoms with Crippen LogP contribution in [-0.4, -0.2) is 24.7 Å². The number of halogens is 1. The molecular formula is C11H13ClO4S. The Hall–Kier alpha value is -1.07. The molecule has 0 radical (unpaired) electrons. The first kappa shape index (κ1) is 14.0. The maximum absolute atomic E-state index is 12.0. The van der Waals surface area contributed by atoms with Crippen molar-refractivity contribution in [1.29, 1.82) is 0 Å². The molecule has 1 aromatic rings. The van der Waals surface area contributed by atoms with Crippen LogP contribution in [-0.2, 0) is 9.84 Å². The van der Waals surface area contributed by atoms with Crippen molar-refractivity contribution in [1.82, 2.24) is 0 Å². The van der Waals surface area contributed by atoms with Gasteiger partial charge in [0.1, 0.15) is 0 Å². The highest BCUT2D eigenvalue weighted by atomic mass is 35.5. The number of carboxylic acid groups (broad SMARTS) is 1. The Kier molecular flexibility index (Phi) is 4.16. The summed E-state index contributed by atoms with van der Waals surface area (Å²) in [6.45, 7) is 3.35. The summed E-state index contributed by atoms with van der Waals surface area (Å²) >= 11 is 5.68. The number of hydrogen-bond acceptors (Lipinski definition) is 3. The molecule has 0 aliphatic carbocycles. The van der Waals surface area contributed by atoms with Crippen LogP contribution in [0.5, 0.6) is 0 Å². The molecule has 0 aliphatic rings. The molecule has 1 N–H and O–H groups in total. The molecule has 0 aromatic heterocycles. The number of sulfone groups is 1. The van der Waals surface area contributed by atoms with Gasteiger partial charge in [-0.05, 0) is 31.5 Å². The molecule has 1 atom stereocenters. The number of aromatic carboxylic acids is 1. The third-order valence-electron chi connectivity index (χ3n) is 2.60. The lowest BCUT2D eigenvalue weighted by Gasteiger charge is -2.11. The van der Waals surface area contributed by atoms with E-state index in [4.69, 9.17) is 16.7 Å². The van der Waals surface area contributed by atoms with Crippen molar-refractivity contribution in [2.75, 3.05) is 0 Å². The van der Waals surface area contributed by atoms with Gasteiger partial charge in [-0.3, -0.25) is 0 Å². The molecule has 0 saturated heterocycles. The summed E-state index contributed by atoms with van der Waals surface area (Å²) in [5.41, 5.74) is -0.198. The number of benzene rings is 1. The van der Waals surface area contributed by atoms with Gasteiger partial charge in [-0.15, -0.1) is 0 Å². The van der Waals surface area contributed by atoms with Gasteiger partial charge in [0.2, 0.25) is 0 Å². The van der Waals surface area contributed by atoms with Crippen LogP contribution in [0.15, 0.2) is 23.1 Å². The number of rotatable bonds is 4. The SMILES string of the molecule is CCC(C)S(=O)(=O)c1ccc(Cl)c(C(=O)O)c1. The van der Waals surface area contributed by atoms with Gasteiger partial charge in [0.25, 0.3) is 0 Å². The van der Waals surface area contributed by atoms with Crippen molar-refractivity contribution < 1.29 is 18.3 Å². The first-order valence-corrected chi connectivity index (χ1v) is 6.99. The highest BCUT2D eigenvalue weighted by Gasteiger charge is 2.23. The molecular weight excluding hydrogens is 264 g/mol. The van der Waals surface area contributed by atoms with Crippen molar-refractivity contribution in [2.24, 2.45) is 0 Å². The van der Waals surface area contributed by atoms with Crippen molar-refractivity contribution in [2.45, 2.75) is 30.4 Å². The van der Waals surface area contributed by atoms with Crippen LogP contribution in [0.25, 0.3) is 0 Å². The molecule has 1 aromatic carbocycles. The fourth-order valence-corrected chi connectivity index (χ4v) is 2.94. The number of carbonyl (C=O) groups is 1. The minimum absolute atomic E-state index is 0.00588. The van der Waals surface area contributed by atoms with Crippen LogP contribution in [0.2, 0.25) is 5.02 Å². The van der Waals surface area contributed by atoms with E-state index in [1.54, 1.807) is 13.8 Å². The molecule has 1 rings (SSSR count). The largest absolute Gasteiger partial charge is 0.478 e. The summed E-state index contributed by atoms with van der Waals surface area (Å²) < 4.78 is 24.0. The van der Waals surface area contributed by atoms with Crippen molar-refractivity contribution >= 4 is 27.4 Å². The molecule has 0 bridgehead atoms. The number of hydrogen-bond donors (Lipinski definition) is 1. The summed E-state index contributed by atoms with van der Waals surface area (Å²) in [5, 5.41) is 8.35. The molecule has 0 amide bonds. The van der Waals surface area contributed by atoms with Crippen LogP contribution in [0, 0.1) is 0 Å². The van der Waals surface area contributed by atoms with E-state index in [-0.39, 0.29) is 15.5 Å². The van der Waals surface area contributed by atoms with E-state index >= 15 is 0 Å². The minimum atomic E-state index is -3.48. The Balaban J connectivity index is 3.35. The van der Waals surface area contributed by atoms with Gasteiger partial charge in [-0.2, -0.15) is 0 Å². The van der Waals surface area contributed by atoms with Crippen molar-refractivity contribution in [3.05, 3.63) is 28.8 Å². The molecule has 1 unspecified atom stereocenters. The highest BCUT2D eigenvalue weighted by molar-refractivity contribution is 7.92. The predicted molar refractivity (Wildman–Crippen MR) is 65.4 cm³/mol. The molecule has 4 nitrogen and oxygen atoms in total. The minimum Gasteiger partial charge on any atom is -0.478 e. The lowest BCUT2D eigenvalue weighted by Crippen LogP contribution is -2.17. The van der Waals surface area contributed by atoms with E-state index < -0.39 is 21.1 Å². The zero-order valence-corrected chi connectivity index (χ0v) is 11.0. The van der Waals surface area contributed by atoms with E-state index in [9.17, 15) is 13.2 Å². The third kappa shape index (κ3) is 2.79. The first-order valence-electron chi connectivity index (χ1n) is 5.07. The van der Waals surface area contributed by atoms with Crippen molar-refractivity contribution in [3.63, 3.8) is 0 Å². The van der Waals surface area contributed by atoms with Crippen LogP contribution < -0.4 is 0 Å². The standard InChI is InChI=1S/C11H13ClO4S/c1-3-7(2)17(15,16)8-4-5-10(12)9(6-8)11(13)14/h4-7H,3H2,1-2H3,(H,13,14). The lowest BCUT2D eigenvalue weighted by molar-refractivity contribution is 0.0697. The fraction of sp³-hybridized carbons (Fsp3) is 0.364. The quantitative estimate of drug-likeness (QED) is 0.917. The van der Waals surface area contributed by atoms with Crippen LogP contribution >= 0.6 is 11.6 Å². The van der Waals surface area contributed by atoms with E-state index in [0.717, 1.165) is 6.07 Å². The molecule has 94 valence electrons. The molecule has 0 spiro atoms. The van der Waals surface area contributed by atoms with E-state index in [0.29, 0.717) is 6.42 Å². The predicted octanol–water partition coefficient (Wildman–Crippen LogP) is 2.61. The summed E-state index contributed by atoms with van der Waals surface area (Å²) in [6.07, 6.45) is 0.466. The van der Waals surface area contributed by atoms with Crippen LogP contribution in [0.4, 0.5) is 0 Å². The van der Waals surface area contributed by atoms with Gasteiger partial charge in [0.05, 0.1) is 20.7 Å². The Morgan fingerprint density at radius 2 is 2.06 bits per heavy atom. The normalized spacial score (nSPS) is 13.4. The average molecular weight is 277 g/mol. The molecule has 0 heterocycles. The fourth-order valence-electron chi connectivity index (χ4n) is 1.30. The van der Waals surface area contributed by atoms with Gasteiger partial charge >= 0.3 is 5.97 Å². The topological polar surface area (TPSA) is 71.4 Å². The van der Waals surface area contributed by atoms with Crippen molar-refractivity contribution in [3.8, 4) is 0 Å².